The molecule has 2 N–H and O–H groups in total. The summed E-state index contributed by atoms with van der Waals surface area (Å²) in [6.07, 6.45) is 1.35. The number of thiazole rings is 1. The van der Waals surface area contributed by atoms with Gasteiger partial charge in [0.05, 0.1) is 55.3 Å². The molecule has 18 heteroatoms. The molecule has 1 saturated heterocycles. The van der Waals surface area contributed by atoms with Gasteiger partial charge in [0.1, 0.15) is 10.8 Å². The maximum atomic E-state index is 14.6. The summed E-state index contributed by atoms with van der Waals surface area (Å²) in [5.41, 5.74) is 1.09. The van der Waals surface area contributed by atoms with Crippen LogP contribution in [0.15, 0.2) is 54.3 Å². The van der Waals surface area contributed by atoms with Crippen molar-refractivity contribution >= 4 is 41.1 Å². The van der Waals surface area contributed by atoms with E-state index in [2.05, 4.69) is 34.1 Å². The molecular weight excluding hydrogens is 876 g/mol. The largest absolute Gasteiger partial charge is 0.446 e. The lowest BCUT2D eigenvalue weighted by Gasteiger charge is -2.41. The number of likely N-dealkylation sites (N-methyl/N-ethyl adjacent to an activating group) is 2. The topological polar surface area (TPSA) is 167 Å². The zero-order valence-corrected chi connectivity index (χ0v) is 41.2. The van der Waals surface area contributed by atoms with Gasteiger partial charge in [-0.1, -0.05) is 85.2 Å². The van der Waals surface area contributed by atoms with Gasteiger partial charge in [-0.3, -0.25) is 28.9 Å². The van der Waals surface area contributed by atoms with E-state index < -0.39 is 48.6 Å². The zero-order valence-electron chi connectivity index (χ0n) is 40.4. The minimum atomic E-state index is -4.64. The molecule has 3 heterocycles. The van der Waals surface area contributed by atoms with Crippen molar-refractivity contribution in [1.29, 1.82) is 0 Å². The van der Waals surface area contributed by atoms with Crippen molar-refractivity contribution in [3.63, 3.8) is 0 Å². The number of ether oxygens (including phenoxy) is 2. The van der Waals surface area contributed by atoms with Crippen molar-refractivity contribution in [1.82, 2.24) is 35.0 Å². The van der Waals surface area contributed by atoms with Gasteiger partial charge in [-0.05, 0) is 49.6 Å². The average molecular weight is 948 g/mol. The van der Waals surface area contributed by atoms with Crippen molar-refractivity contribution in [3.8, 4) is 0 Å². The number of rotatable bonds is 24. The van der Waals surface area contributed by atoms with Gasteiger partial charge in [0.15, 0.2) is 5.78 Å². The summed E-state index contributed by atoms with van der Waals surface area (Å²) in [7, 11) is 6.91. The molecule has 368 valence electrons. The first-order chi connectivity index (χ1) is 31.2. The number of benzene rings is 1. The SMILES string of the molecule is CC[C@H](C)[C@@H]([C@@H](CC(=O)N1CCC[C@H]1[C@H](OC)[C@@H](C)C(=O)N[C@@H](Cc1ccccc1)c1nccs1)OC)N(C)C(=O)[C@@H](CC(=O)[C@H](C(C)C)N(C)Cc1ncc[nH]1)C(C)C.O=CC(F)(F)F. The summed E-state index contributed by atoms with van der Waals surface area (Å²) in [6.45, 7) is 15.1. The lowest BCUT2D eigenvalue weighted by molar-refractivity contribution is -0.156. The molecule has 9 atom stereocenters. The van der Waals surface area contributed by atoms with E-state index in [9.17, 15) is 32.3 Å². The smallest absolute Gasteiger partial charge is 0.379 e. The molecule has 1 aromatic carbocycles. The number of halogens is 3. The molecule has 0 bridgehead atoms. The van der Waals surface area contributed by atoms with E-state index in [1.807, 2.05) is 87.2 Å². The van der Waals surface area contributed by atoms with Crippen molar-refractivity contribution < 1.29 is 46.6 Å². The lowest BCUT2D eigenvalue weighted by Crippen LogP contribution is -2.54. The number of H-pyrrole nitrogens is 1. The van der Waals surface area contributed by atoms with Gasteiger partial charge in [-0.25, -0.2) is 9.97 Å². The van der Waals surface area contributed by atoms with Crippen LogP contribution in [0.5, 0.6) is 0 Å². The van der Waals surface area contributed by atoms with Crippen LogP contribution in [0.1, 0.15) is 103 Å². The molecule has 0 aliphatic carbocycles. The van der Waals surface area contributed by atoms with Crippen LogP contribution in [0.25, 0.3) is 0 Å². The van der Waals surface area contributed by atoms with E-state index in [0.717, 1.165) is 29.2 Å². The average Bonchev–Trinajstić information content (AvgIpc) is 4.10. The van der Waals surface area contributed by atoms with Crippen molar-refractivity contribution in [3.05, 3.63) is 70.7 Å². The summed E-state index contributed by atoms with van der Waals surface area (Å²) >= 11 is 1.51. The van der Waals surface area contributed by atoms with E-state index in [4.69, 9.17) is 14.3 Å². The molecule has 3 amide bonds. The fourth-order valence-corrected chi connectivity index (χ4v) is 9.81. The molecule has 3 aromatic rings. The molecule has 2 aromatic heterocycles. The second-order valence-electron chi connectivity index (χ2n) is 18.0. The number of Topliss-reactive ketones (excluding diaryl/α,β-unsaturated/α-hetero) is 1. The summed E-state index contributed by atoms with van der Waals surface area (Å²) in [5.74, 6) is -0.790. The second-order valence-corrected chi connectivity index (χ2v) is 19.0. The van der Waals surface area contributed by atoms with Gasteiger partial charge >= 0.3 is 6.18 Å². The normalized spacial score (nSPS) is 17.8. The van der Waals surface area contributed by atoms with Gasteiger partial charge in [0, 0.05) is 64.1 Å². The maximum Gasteiger partial charge on any atom is 0.446 e. The number of ketones is 1. The predicted molar refractivity (Wildman–Crippen MR) is 248 cm³/mol. The Hall–Kier alpha value is -4.52. The molecule has 14 nitrogen and oxygen atoms in total. The van der Waals surface area contributed by atoms with Crippen molar-refractivity contribution in [2.75, 3.05) is 34.9 Å². The lowest BCUT2D eigenvalue weighted by atomic mass is 9.83. The molecule has 4 rings (SSSR count). The van der Waals surface area contributed by atoms with Gasteiger partial charge in [-0.15, -0.1) is 11.3 Å². The van der Waals surface area contributed by atoms with Crippen LogP contribution in [-0.2, 0) is 46.4 Å². The van der Waals surface area contributed by atoms with Crippen molar-refractivity contribution in [2.45, 2.75) is 136 Å². The van der Waals surface area contributed by atoms with Crippen LogP contribution in [0.2, 0.25) is 0 Å². The Kier molecular flexibility index (Phi) is 22.6. The van der Waals surface area contributed by atoms with Crippen LogP contribution in [0.3, 0.4) is 0 Å². The number of hydrogen-bond donors (Lipinski definition) is 2. The number of aldehydes is 1. The monoisotopic (exact) mass is 948 g/mol. The van der Waals surface area contributed by atoms with Gasteiger partial charge < -0.3 is 29.6 Å². The van der Waals surface area contributed by atoms with E-state index >= 15 is 0 Å². The highest BCUT2D eigenvalue weighted by molar-refractivity contribution is 7.09. The number of imidazole rings is 1. The number of aromatic nitrogens is 3. The Bertz CT molecular complexity index is 1920. The molecule has 1 aliphatic heterocycles. The van der Waals surface area contributed by atoms with Crippen LogP contribution in [-0.4, -0.2) is 131 Å². The highest BCUT2D eigenvalue weighted by atomic mass is 32.1. The van der Waals surface area contributed by atoms with Crippen LogP contribution in [0, 0.1) is 29.6 Å². The van der Waals surface area contributed by atoms with Gasteiger partial charge in [-0.2, -0.15) is 13.2 Å². The molecule has 0 radical (unpaired) electrons. The van der Waals surface area contributed by atoms with Crippen molar-refractivity contribution in [2.24, 2.45) is 29.6 Å². The molecule has 0 unspecified atom stereocenters. The van der Waals surface area contributed by atoms with E-state index in [1.165, 1.54) is 11.3 Å². The molecular formula is C48H72F3N7O7S. The maximum absolute atomic E-state index is 14.6. The third-order valence-electron chi connectivity index (χ3n) is 12.7. The zero-order chi connectivity index (χ0) is 49.3. The Morgan fingerprint density at radius 3 is 2.17 bits per heavy atom. The highest BCUT2D eigenvalue weighted by Gasteiger charge is 2.43. The number of carbonyl (C=O) groups excluding carboxylic acids is 5. The van der Waals surface area contributed by atoms with Crippen LogP contribution < -0.4 is 5.32 Å². The number of amides is 3. The van der Waals surface area contributed by atoms with Gasteiger partial charge in [0.25, 0.3) is 0 Å². The third-order valence-corrected chi connectivity index (χ3v) is 13.6. The number of methoxy groups -OCH3 is 2. The van der Waals surface area contributed by atoms with Gasteiger partial charge in [0.2, 0.25) is 24.0 Å². The highest BCUT2D eigenvalue weighted by Crippen LogP contribution is 2.32. The Morgan fingerprint density at radius 2 is 1.65 bits per heavy atom. The molecule has 0 spiro atoms. The Morgan fingerprint density at radius 1 is 0.985 bits per heavy atom. The molecule has 66 heavy (non-hydrogen) atoms. The summed E-state index contributed by atoms with van der Waals surface area (Å²) in [4.78, 5) is 83.3. The molecule has 1 aliphatic rings. The number of nitrogens with one attached hydrogen (secondary N) is 2. The Labute approximate surface area is 392 Å². The number of likely N-dealkylation sites (tertiary alicyclic amines) is 1. The Balaban J connectivity index is 0.00000180. The van der Waals surface area contributed by atoms with E-state index in [-0.39, 0.29) is 66.2 Å². The quantitative estimate of drug-likeness (QED) is 0.0869. The van der Waals surface area contributed by atoms with Crippen LogP contribution in [0.4, 0.5) is 13.2 Å². The number of aromatic amines is 1. The number of carbonyl (C=O) groups is 5. The summed E-state index contributed by atoms with van der Waals surface area (Å²) < 4.78 is 43.4. The minimum Gasteiger partial charge on any atom is -0.379 e. The predicted octanol–water partition coefficient (Wildman–Crippen LogP) is 7.32. The third kappa shape index (κ3) is 16.1. The fraction of sp³-hybridized carbons (Fsp3) is 0.646. The molecule has 0 saturated carbocycles. The number of hydrogen-bond acceptors (Lipinski definition) is 11. The fourth-order valence-electron chi connectivity index (χ4n) is 9.12. The standard InChI is InChI=1S/C46H71N7O6S.C2HF3O/c1-12-31(6)42(52(9)46(57)34(29(2)3)26-37(54)41(30(4)5)51(8)28-39-47-20-21-48-39)38(58-10)27-40(55)53-23-16-19-36(53)43(59-11)32(7)44(56)50-35(45-49-22-24-60-45)25-33-17-14-13-15-18-33;3-2(4,5)1-6/h13-15,17-18,20-22,24,29-32,34-36,38,41-43H,12,16,19,23,25-28H2,1-11H3,(H,47,48)(H,50,56);1H/t31-,32+,34-,35-,36-,38+,41-,42-,43+;/m0./s1. The first-order valence-electron chi connectivity index (χ1n) is 22.8. The minimum absolute atomic E-state index is 0.00506. The molecule has 1 fully saturated rings. The van der Waals surface area contributed by atoms with E-state index in [0.29, 0.717) is 25.9 Å². The first-order valence-corrected chi connectivity index (χ1v) is 23.7. The van der Waals surface area contributed by atoms with Crippen LogP contribution >= 0.6 is 11.3 Å². The first kappa shape index (κ1) is 55.8. The summed E-state index contributed by atoms with van der Waals surface area (Å²) in [5, 5.41) is 5.98. The number of alkyl halides is 3. The van der Waals surface area contributed by atoms with E-state index in [1.54, 1.807) is 44.8 Å². The number of nitrogens with zero attached hydrogens (tertiary/aromatic N) is 5. The summed E-state index contributed by atoms with van der Waals surface area (Å²) in [6, 6.07) is 8.59. The second kappa shape index (κ2) is 26.7.